The van der Waals surface area contributed by atoms with Crippen molar-refractivity contribution >= 4 is 11.6 Å². The second-order valence-corrected chi connectivity index (χ2v) is 8.33. The van der Waals surface area contributed by atoms with E-state index in [0.717, 1.165) is 37.2 Å². The number of benzene rings is 2. The fourth-order valence-electron chi connectivity index (χ4n) is 4.35. The minimum atomic E-state index is -0.510. The fraction of sp³-hybridized carbons (Fsp3) is 0.480. The van der Waals surface area contributed by atoms with E-state index in [1.807, 2.05) is 13.0 Å². The third-order valence-electron chi connectivity index (χ3n) is 6.13. The predicted octanol–water partition coefficient (Wildman–Crippen LogP) is 4.64. The summed E-state index contributed by atoms with van der Waals surface area (Å²) < 4.78 is 5.91. The Balaban J connectivity index is 1.27. The van der Waals surface area contributed by atoms with Crippen LogP contribution in [0.1, 0.15) is 55.7 Å². The highest BCUT2D eigenvalue weighted by atomic mass is 16.5. The molecular weight excluding hydrogens is 360 g/mol. The molecule has 1 aliphatic carbocycles. The maximum Gasteiger partial charge on any atom is 0.261 e. The molecule has 1 aliphatic heterocycles. The second kappa shape index (κ2) is 9.34. The molecule has 1 fully saturated rings. The van der Waals surface area contributed by atoms with Crippen LogP contribution in [0.5, 0.6) is 5.75 Å². The van der Waals surface area contributed by atoms with Crippen molar-refractivity contribution < 1.29 is 9.53 Å². The van der Waals surface area contributed by atoms with Crippen molar-refractivity contribution in [3.05, 3.63) is 59.2 Å². The summed E-state index contributed by atoms with van der Waals surface area (Å²) in [6.07, 6.45) is 8.16. The van der Waals surface area contributed by atoms with E-state index in [0.29, 0.717) is 6.54 Å². The average molecular weight is 393 g/mol. The zero-order chi connectivity index (χ0) is 20.1. The predicted molar refractivity (Wildman–Crippen MR) is 118 cm³/mol. The third kappa shape index (κ3) is 5.11. The molecule has 154 valence electrons. The fourth-order valence-corrected chi connectivity index (χ4v) is 4.35. The molecule has 2 aliphatic rings. The first kappa shape index (κ1) is 19.8. The van der Waals surface area contributed by atoms with Crippen LogP contribution in [0.2, 0.25) is 0 Å². The zero-order valence-electron chi connectivity index (χ0n) is 17.5. The largest absolute Gasteiger partial charge is 0.481 e. The van der Waals surface area contributed by atoms with Gasteiger partial charge in [-0.2, -0.15) is 0 Å². The maximum absolute atomic E-state index is 12.5. The molecule has 4 heteroatoms. The molecule has 1 heterocycles. The Kier molecular flexibility index (Phi) is 6.38. The Bertz CT molecular complexity index is 825. The van der Waals surface area contributed by atoms with E-state index in [-0.39, 0.29) is 5.91 Å². The Labute approximate surface area is 174 Å². The normalized spacial score (nSPS) is 17.3. The van der Waals surface area contributed by atoms with Crippen LogP contribution in [-0.4, -0.2) is 25.1 Å². The Morgan fingerprint density at radius 3 is 2.45 bits per heavy atom. The lowest BCUT2D eigenvalue weighted by atomic mass is 9.92. The van der Waals surface area contributed by atoms with Crippen LogP contribution < -0.4 is 15.0 Å². The van der Waals surface area contributed by atoms with Gasteiger partial charge in [0.05, 0.1) is 0 Å². The molecule has 1 atom stereocenters. The molecule has 1 unspecified atom stereocenters. The topological polar surface area (TPSA) is 41.6 Å². The number of piperidine rings is 1. The van der Waals surface area contributed by atoms with Crippen LogP contribution >= 0.6 is 0 Å². The molecule has 4 nitrogen and oxygen atoms in total. The van der Waals surface area contributed by atoms with Crippen molar-refractivity contribution in [3.63, 3.8) is 0 Å². The van der Waals surface area contributed by atoms with Crippen molar-refractivity contribution in [2.45, 2.75) is 64.5 Å². The number of ether oxygens (including phenoxy) is 1. The summed E-state index contributed by atoms with van der Waals surface area (Å²) in [5.41, 5.74) is 5.19. The van der Waals surface area contributed by atoms with E-state index in [1.54, 1.807) is 0 Å². The summed E-state index contributed by atoms with van der Waals surface area (Å²) in [5.74, 6) is 0.710. The highest BCUT2D eigenvalue weighted by Gasteiger charge is 2.16. The van der Waals surface area contributed by atoms with Gasteiger partial charge in [0.25, 0.3) is 5.91 Å². The first-order chi connectivity index (χ1) is 14.2. The number of fused-ring (bicyclic) bond motifs is 1. The monoisotopic (exact) mass is 392 g/mol. The number of hydrogen-bond donors (Lipinski definition) is 1. The van der Waals surface area contributed by atoms with Gasteiger partial charge in [-0.05, 0) is 92.8 Å². The molecule has 0 radical (unpaired) electrons. The highest BCUT2D eigenvalue weighted by Crippen LogP contribution is 2.26. The van der Waals surface area contributed by atoms with Crippen LogP contribution in [0.3, 0.4) is 0 Å². The lowest BCUT2D eigenvalue weighted by Gasteiger charge is -2.28. The van der Waals surface area contributed by atoms with Crippen LogP contribution in [0, 0.1) is 0 Å². The van der Waals surface area contributed by atoms with Crippen LogP contribution in [0.25, 0.3) is 0 Å². The van der Waals surface area contributed by atoms with Gasteiger partial charge in [-0.1, -0.05) is 18.2 Å². The number of aryl methyl sites for hydroxylation is 2. The molecular formula is C25H32N2O2. The number of hydrogen-bond acceptors (Lipinski definition) is 3. The summed E-state index contributed by atoms with van der Waals surface area (Å²) in [5, 5.41) is 3.00. The Morgan fingerprint density at radius 2 is 1.69 bits per heavy atom. The molecule has 0 aromatic heterocycles. The molecule has 2 aromatic rings. The van der Waals surface area contributed by atoms with E-state index < -0.39 is 6.10 Å². The summed E-state index contributed by atoms with van der Waals surface area (Å²) in [6, 6.07) is 14.8. The lowest BCUT2D eigenvalue weighted by molar-refractivity contribution is -0.127. The number of rotatable bonds is 6. The van der Waals surface area contributed by atoms with Crippen molar-refractivity contribution in [1.82, 2.24) is 5.32 Å². The van der Waals surface area contributed by atoms with Gasteiger partial charge in [0.1, 0.15) is 5.75 Å². The molecule has 0 bridgehead atoms. The molecule has 1 amide bonds. The number of carbonyl (C=O) groups excluding carboxylic acids is 1. The van der Waals surface area contributed by atoms with Crippen LogP contribution in [0.15, 0.2) is 42.5 Å². The van der Waals surface area contributed by atoms with Crippen molar-refractivity contribution in [2.75, 3.05) is 18.0 Å². The quantitative estimate of drug-likeness (QED) is 0.779. The Morgan fingerprint density at radius 1 is 0.966 bits per heavy atom. The average Bonchev–Trinajstić information content (AvgIpc) is 2.78. The van der Waals surface area contributed by atoms with Gasteiger partial charge < -0.3 is 15.0 Å². The van der Waals surface area contributed by atoms with Crippen molar-refractivity contribution in [1.29, 1.82) is 0 Å². The van der Waals surface area contributed by atoms with E-state index in [1.165, 1.54) is 48.9 Å². The van der Waals surface area contributed by atoms with Crippen molar-refractivity contribution in [2.24, 2.45) is 0 Å². The third-order valence-corrected chi connectivity index (χ3v) is 6.13. The Hall–Kier alpha value is -2.49. The zero-order valence-corrected chi connectivity index (χ0v) is 17.5. The molecule has 1 saturated heterocycles. The summed E-state index contributed by atoms with van der Waals surface area (Å²) >= 11 is 0. The molecule has 2 aromatic carbocycles. The van der Waals surface area contributed by atoms with Gasteiger partial charge >= 0.3 is 0 Å². The lowest BCUT2D eigenvalue weighted by Crippen LogP contribution is -2.36. The van der Waals surface area contributed by atoms with Crippen molar-refractivity contribution in [3.8, 4) is 5.75 Å². The van der Waals surface area contributed by atoms with E-state index in [9.17, 15) is 4.79 Å². The maximum atomic E-state index is 12.5. The first-order valence-electron chi connectivity index (χ1n) is 11.1. The van der Waals surface area contributed by atoms with Gasteiger partial charge in [-0.15, -0.1) is 0 Å². The summed E-state index contributed by atoms with van der Waals surface area (Å²) in [7, 11) is 0. The number of amides is 1. The number of nitrogens with zero attached hydrogens (tertiary/aromatic N) is 1. The van der Waals surface area contributed by atoms with Gasteiger partial charge in [-0.3, -0.25) is 4.79 Å². The number of carbonyl (C=O) groups is 1. The smallest absolute Gasteiger partial charge is 0.261 e. The minimum Gasteiger partial charge on any atom is -0.481 e. The van der Waals surface area contributed by atoms with Gasteiger partial charge in [0, 0.05) is 25.3 Å². The summed E-state index contributed by atoms with van der Waals surface area (Å²) in [6.45, 7) is 4.63. The van der Waals surface area contributed by atoms with Gasteiger partial charge in [-0.25, -0.2) is 0 Å². The van der Waals surface area contributed by atoms with E-state index >= 15 is 0 Å². The number of anilines is 1. The molecule has 4 rings (SSSR count). The molecule has 1 N–H and O–H groups in total. The second-order valence-electron chi connectivity index (χ2n) is 8.33. The summed E-state index contributed by atoms with van der Waals surface area (Å²) in [4.78, 5) is 14.9. The van der Waals surface area contributed by atoms with E-state index in [4.69, 9.17) is 4.74 Å². The first-order valence-corrected chi connectivity index (χ1v) is 11.1. The highest BCUT2D eigenvalue weighted by molar-refractivity contribution is 5.80. The molecule has 0 spiro atoms. The standard InChI is InChI=1S/C25H32N2O2/c1-19(29-24-14-11-21-7-3-4-8-22(21)17-24)25(28)26-18-20-9-12-23(13-10-20)27-15-5-2-6-16-27/h9-14,17,19H,2-8,15-16,18H2,1H3,(H,26,28). The molecule has 29 heavy (non-hydrogen) atoms. The minimum absolute atomic E-state index is 0.0807. The molecule has 0 saturated carbocycles. The van der Waals surface area contributed by atoms with Crippen LogP contribution in [-0.2, 0) is 24.2 Å². The number of nitrogens with one attached hydrogen (secondary N) is 1. The SMILES string of the molecule is CC(Oc1ccc2c(c1)CCCC2)C(=O)NCc1ccc(N2CCCCC2)cc1. The van der Waals surface area contributed by atoms with Gasteiger partial charge in [0.15, 0.2) is 6.10 Å². The van der Waals surface area contributed by atoms with Gasteiger partial charge in [0.2, 0.25) is 0 Å². The van der Waals surface area contributed by atoms with Crippen LogP contribution in [0.4, 0.5) is 5.69 Å². The van der Waals surface area contributed by atoms with E-state index in [2.05, 4.69) is 46.6 Å².